The molecule has 0 fully saturated rings. The number of nitrogens with zero attached hydrogens (tertiary/aromatic N) is 1. The molecule has 306 valence electrons. The lowest BCUT2D eigenvalue weighted by molar-refractivity contribution is -0.870. The van der Waals surface area contributed by atoms with Crippen LogP contribution in [0.25, 0.3) is 0 Å². The highest BCUT2D eigenvalue weighted by Gasteiger charge is 2.27. The first-order chi connectivity index (χ1) is 25.0. The number of quaternary nitrogens is 1. The van der Waals surface area contributed by atoms with Crippen LogP contribution in [0.2, 0.25) is 0 Å². The Balaban J connectivity index is 4.40. The molecule has 0 rings (SSSR count). The van der Waals surface area contributed by atoms with Gasteiger partial charge in [0.15, 0.2) is 0 Å². The second-order valence-corrected chi connectivity index (χ2v) is 17.2. The summed E-state index contributed by atoms with van der Waals surface area (Å²) in [5.74, 6) is -0.192. The first kappa shape index (κ1) is 50.7. The van der Waals surface area contributed by atoms with Crippen LogP contribution < -0.4 is 5.32 Å². The molecule has 8 nitrogen and oxygen atoms in total. The molecule has 0 heterocycles. The third-order valence-corrected chi connectivity index (χ3v) is 10.3. The Morgan fingerprint density at radius 3 is 1.54 bits per heavy atom. The highest BCUT2D eigenvalue weighted by molar-refractivity contribution is 7.47. The number of carbonyl (C=O) groups is 1. The molecule has 3 N–H and O–H groups in total. The first-order valence-electron chi connectivity index (χ1n) is 21.4. The molecule has 0 radical (unpaired) electrons. The Kier molecular flexibility index (Phi) is 34.6. The van der Waals surface area contributed by atoms with Crippen LogP contribution in [0.4, 0.5) is 0 Å². The third-order valence-electron chi connectivity index (χ3n) is 9.33. The summed E-state index contributed by atoms with van der Waals surface area (Å²) in [6, 6.07) is -0.860. The number of aliphatic hydroxyl groups is 1. The number of unbranched alkanes of at least 4 members (excludes halogenated alkanes) is 21. The molecule has 0 aliphatic heterocycles. The zero-order valence-electron chi connectivity index (χ0n) is 34.5. The Bertz CT molecular complexity index is 948. The van der Waals surface area contributed by atoms with E-state index in [1.807, 2.05) is 27.2 Å². The summed E-state index contributed by atoms with van der Waals surface area (Å²) in [7, 11) is 1.55. The number of hydrogen-bond donors (Lipinski definition) is 3. The fourth-order valence-electron chi connectivity index (χ4n) is 5.87. The predicted molar refractivity (Wildman–Crippen MR) is 221 cm³/mol. The molecule has 0 bridgehead atoms. The van der Waals surface area contributed by atoms with Crippen molar-refractivity contribution in [3.63, 3.8) is 0 Å². The highest BCUT2D eigenvalue weighted by Crippen LogP contribution is 2.43. The zero-order chi connectivity index (χ0) is 38.6. The minimum atomic E-state index is -4.34. The van der Waals surface area contributed by atoms with Crippen LogP contribution in [0.5, 0.6) is 0 Å². The molecule has 0 aromatic rings. The van der Waals surface area contributed by atoms with Gasteiger partial charge in [-0.15, -0.1) is 0 Å². The number of hydrogen-bond acceptors (Lipinski definition) is 5. The van der Waals surface area contributed by atoms with Crippen molar-refractivity contribution in [1.82, 2.24) is 5.32 Å². The molecule has 3 atom stereocenters. The number of nitrogens with one attached hydrogen (secondary N) is 1. The molecule has 0 aliphatic rings. The number of phosphoric acid groups is 1. The van der Waals surface area contributed by atoms with Gasteiger partial charge in [0.25, 0.3) is 0 Å². The number of likely N-dealkylation sites (N-methyl/N-ethyl adjacent to an activating group) is 1. The predicted octanol–water partition coefficient (Wildman–Crippen LogP) is 11.5. The standard InChI is InChI=1S/C43H83N2O6P/c1-6-8-10-12-14-16-18-19-20-21-22-23-24-25-27-29-31-33-35-37-43(47)44-41(40-51-52(48,49)50-39-38-45(3,4)5)42(46)36-34-32-30-28-26-17-15-13-11-9-7-2/h19-20,26,28,34,36,41-42,46H,6-18,21-25,27,29-33,35,37-40H2,1-5H3,(H-,44,47,48,49)/p+1/b20-19+,28-26+,36-34+/t41-,42+/m0/s1. The van der Waals surface area contributed by atoms with Gasteiger partial charge in [-0.3, -0.25) is 13.8 Å². The van der Waals surface area contributed by atoms with E-state index in [1.54, 1.807) is 6.08 Å². The molecule has 1 unspecified atom stereocenters. The van der Waals surface area contributed by atoms with Gasteiger partial charge in [-0.1, -0.05) is 153 Å². The molecule has 0 spiro atoms. The van der Waals surface area contributed by atoms with Crippen molar-refractivity contribution in [3.05, 3.63) is 36.5 Å². The van der Waals surface area contributed by atoms with Gasteiger partial charge in [0.1, 0.15) is 13.2 Å². The van der Waals surface area contributed by atoms with Gasteiger partial charge in [-0.2, -0.15) is 0 Å². The van der Waals surface area contributed by atoms with E-state index in [1.165, 1.54) is 122 Å². The lowest BCUT2D eigenvalue weighted by atomic mass is 10.0. The monoisotopic (exact) mass is 756 g/mol. The van der Waals surface area contributed by atoms with E-state index in [0.29, 0.717) is 17.4 Å². The van der Waals surface area contributed by atoms with Crippen LogP contribution in [0, 0.1) is 0 Å². The molecule has 0 saturated heterocycles. The van der Waals surface area contributed by atoms with Crippen molar-refractivity contribution in [2.24, 2.45) is 0 Å². The lowest BCUT2D eigenvalue weighted by Gasteiger charge is -2.25. The lowest BCUT2D eigenvalue weighted by Crippen LogP contribution is -2.45. The summed E-state index contributed by atoms with van der Waals surface area (Å²) >= 11 is 0. The van der Waals surface area contributed by atoms with Crippen LogP contribution in [0.1, 0.15) is 181 Å². The molecule has 9 heteroatoms. The van der Waals surface area contributed by atoms with E-state index in [0.717, 1.165) is 38.5 Å². The topological polar surface area (TPSA) is 105 Å². The summed E-state index contributed by atoms with van der Waals surface area (Å²) in [4.78, 5) is 23.0. The molecular formula is C43H84N2O6P+. The second-order valence-electron chi connectivity index (χ2n) is 15.7. The highest BCUT2D eigenvalue weighted by atomic mass is 31.2. The van der Waals surface area contributed by atoms with Crippen molar-refractivity contribution in [2.45, 2.75) is 193 Å². The number of allylic oxidation sites excluding steroid dienone is 5. The number of aliphatic hydroxyl groups excluding tert-OH is 1. The summed E-state index contributed by atoms with van der Waals surface area (Å²) in [6.45, 7) is 4.75. The summed E-state index contributed by atoms with van der Waals surface area (Å²) < 4.78 is 23.5. The zero-order valence-corrected chi connectivity index (χ0v) is 35.4. The molecule has 0 aromatic carbocycles. The van der Waals surface area contributed by atoms with Crippen molar-refractivity contribution in [3.8, 4) is 0 Å². The Labute approximate surface area is 321 Å². The van der Waals surface area contributed by atoms with Crippen LogP contribution in [-0.2, 0) is 18.4 Å². The maximum Gasteiger partial charge on any atom is 0.472 e. The maximum atomic E-state index is 12.8. The fraction of sp³-hybridized carbons (Fsp3) is 0.837. The van der Waals surface area contributed by atoms with E-state index < -0.39 is 20.0 Å². The smallest absolute Gasteiger partial charge is 0.387 e. The van der Waals surface area contributed by atoms with Gasteiger partial charge < -0.3 is 19.8 Å². The van der Waals surface area contributed by atoms with E-state index in [-0.39, 0.29) is 19.1 Å². The third kappa shape index (κ3) is 37.1. The number of rotatable bonds is 38. The SMILES string of the molecule is CCCCCCC/C=C/CC/C=C/[C@@H](O)[C@H](COP(=O)(O)OCC[N+](C)(C)C)NC(=O)CCCCCCCCCCC/C=C/CCCCCCCC. The van der Waals surface area contributed by atoms with Crippen LogP contribution in [0.3, 0.4) is 0 Å². The van der Waals surface area contributed by atoms with E-state index in [2.05, 4.69) is 43.5 Å². The van der Waals surface area contributed by atoms with Crippen LogP contribution >= 0.6 is 7.82 Å². The fourth-order valence-corrected chi connectivity index (χ4v) is 6.61. The van der Waals surface area contributed by atoms with Crippen molar-refractivity contribution in [2.75, 3.05) is 40.9 Å². The van der Waals surface area contributed by atoms with Crippen LogP contribution in [0.15, 0.2) is 36.5 Å². The second kappa shape index (κ2) is 35.4. The number of amides is 1. The maximum absolute atomic E-state index is 12.8. The van der Waals surface area contributed by atoms with Gasteiger partial charge in [0, 0.05) is 6.42 Å². The average molecular weight is 756 g/mol. The van der Waals surface area contributed by atoms with Crippen molar-refractivity contribution in [1.29, 1.82) is 0 Å². The summed E-state index contributed by atoms with van der Waals surface area (Å²) in [5.41, 5.74) is 0. The van der Waals surface area contributed by atoms with Gasteiger partial charge >= 0.3 is 7.82 Å². The quantitative estimate of drug-likeness (QED) is 0.0251. The molecular weight excluding hydrogens is 671 g/mol. The van der Waals surface area contributed by atoms with Gasteiger partial charge in [0.05, 0.1) is 39.9 Å². The number of phosphoric ester groups is 1. The number of carbonyl (C=O) groups excluding carboxylic acids is 1. The van der Waals surface area contributed by atoms with Gasteiger partial charge in [-0.05, 0) is 57.8 Å². The molecule has 0 saturated carbocycles. The summed E-state index contributed by atoms with van der Waals surface area (Å²) in [5, 5.41) is 13.7. The normalized spacial score (nSPS) is 14.8. The Morgan fingerprint density at radius 1 is 0.635 bits per heavy atom. The van der Waals surface area contributed by atoms with Gasteiger partial charge in [-0.25, -0.2) is 4.57 Å². The van der Waals surface area contributed by atoms with Crippen LogP contribution in [-0.4, -0.2) is 73.4 Å². The van der Waals surface area contributed by atoms with E-state index in [4.69, 9.17) is 9.05 Å². The minimum Gasteiger partial charge on any atom is -0.387 e. The average Bonchev–Trinajstić information content (AvgIpc) is 3.09. The van der Waals surface area contributed by atoms with E-state index >= 15 is 0 Å². The van der Waals surface area contributed by atoms with Gasteiger partial charge in [0.2, 0.25) is 5.91 Å². The molecule has 52 heavy (non-hydrogen) atoms. The first-order valence-corrected chi connectivity index (χ1v) is 22.9. The Morgan fingerprint density at radius 2 is 1.06 bits per heavy atom. The molecule has 0 aliphatic carbocycles. The largest absolute Gasteiger partial charge is 0.472 e. The molecule has 1 amide bonds. The molecule has 0 aromatic heterocycles. The van der Waals surface area contributed by atoms with Crippen molar-refractivity contribution < 1.29 is 32.9 Å². The summed E-state index contributed by atoms with van der Waals surface area (Å²) in [6.07, 6.45) is 42.1. The van der Waals surface area contributed by atoms with E-state index in [9.17, 15) is 19.4 Å². The minimum absolute atomic E-state index is 0.0556. The van der Waals surface area contributed by atoms with Crippen molar-refractivity contribution >= 4 is 13.7 Å². The Hall–Kier alpha value is -1.28.